The van der Waals surface area contributed by atoms with Gasteiger partial charge in [0, 0.05) is 17.3 Å². The molecule has 0 saturated carbocycles. The molecule has 1 aliphatic rings. The summed E-state index contributed by atoms with van der Waals surface area (Å²) in [4.78, 5) is 3.37. The predicted molar refractivity (Wildman–Crippen MR) is 90.5 cm³/mol. The predicted octanol–water partition coefficient (Wildman–Crippen LogP) is 5.21. The van der Waals surface area contributed by atoms with Gasteiger partial charge < -0.3 is 4.98 Å². The molecular formula is C18H24N2S. The highest BCUT2D eigenvalue weighted by molar-refractivity contribution is 7.71. The number of hydrogen-bond acceptors (Lipinski definition) is 2. The Morgan fingerprint density at radius 2 is 2.19 bits per heavy atom. The number of hydrogen-bond donors (Lipinski definition) is 1. The number of nitrogens with zero attached hydrogens (tertiary/aromatic N) is 1. The highest BCUT2D eigenvalue weighted by atomic mass is 32.1. The highest BCUT2D eigenvalue weighted by Gasteiger charge is 2.33. The number of pyridine rings is 1. The lowest BCUT2D eigenvalue weighted by molar-refractivity contribution is 0.150. The minimum atomic E-state index is 0.424. The first kappa shape index (κ1) is 16.0. The molecule has 1 N–H and O–H groups in total. The molecule has 112 valence electrons. The smallest absolute Gasteiger partial charge is 0.110 e. The molecule has 1 aliphatic carbocycles. The molecule has 0 bridgehead atoms. The van der Waals surface area contributed by atoms with Crippen LogP contribution in [0.15, 0.2) is 12.1 Å². The summed E-state index contributed by atoms with van der Waals surface area (Å²) in [7, 11) is 0. The van der Waals surface area contributed by atoms with Crippen LogP contribution in [0.3, 0.4) is 0 Å². The number of H-pyrrole nitrogens is 1. The number of aromatic amines is 1. The van der Waals surface area contributed by atoms with E-state index in [9.17, 15) is 0 Å². The van der Waals surface area contributed by atoms with Gasteiger partial charge in [0.1, 0.15) is 4.64 Å². The molecule has 1 atom stereocenters. The quantitative estimate of drug-likeness (QED) is 0.612. The summed E-state index contributed by atoms with van der Waals surface area (Å²) in [6.07, 6.45) is 9.20. The van der Waals surface area contributed by atoms with Gasteiger partial charge in [0.15, 0.2) is 0 Å². The lowest BCUT2D eigenvalue weighted by Crippen LogP contribution is -2.31. The zero-order valence-corrected chi connectivity index (χ0v) is 14.0. The van der Waals surface area contributed by atoms with Crippen LogP contribution >= 0.6 is 12.2 Å². The largest absolute Gasteiger partial charge is 0.349 e. The summed E-state index contributed by atoms with van der Waals surface area (Å²) in [6, 6.07) is 4.21. The number of fused-ring (bicyclic) bond motifs is 1. The molecule has 0 saturated heterocycles. The molecule has 3 heteroatoms. The highest BCUT2D eigenvalue weighted by Crippen LogP contribution is 2.42. The average molecular weight is 300 g/mol. The first-order valence-electron chi connectivity index (χ1n) is 7.85. The first-order valence-corrected chi connectivity index (χ1v) is 8.26. The van der Waals surface area contributed by atoms with Crippen molar-refractivity contribution in [3.63, 3.8) is 0 Å². The summed E-state index contributed by atoms with van der Waals surface area (Å²) in [6.45, 7) is 7.03. The molecule has 0 amide bonds. The number of nitrogens with one attached hydrogen (secondary N) is 1. The molecule has 0 aliphatic heterocycles. The summed E-state index contributed by atoms with van der Waals surface area (Å²) in [5.74, 6) is 0.733. The Morgan fingerprint density at radius 1 is 1.48 bits per heavy atom. The first-order chi connectivity index (χ1) is 10.0. The second-order valence-electron chi connectivity index (χ2n) is 6.32. The normalized spacial score (nSPS) is 18.5. The molecule has 21 heavy (non-hydrogen) atoms. The lowest BCUT2D eigenvalue weighted by atomic mass is 9.66. The maximum atomic E-state index is 8.69. The molecular weight excluding hydrogens is 276 g/mol. The zero-order chi connectivity index (χ0) is 15.5. The molecule has 0 fully saturated rings. The molecule has 1 aromatic heterocycles. The fourth-order valence-electron chi connectivity index (χ4n) is 3.39. The van der Waals surface area contributed by atoms with Crippen LogP contribution in [0, 0.1) is 27.3 Å². The van der Waals surface area contributed by atoms with Crippen molar-refractivity contribution in [3.05, 3.63) is 33.6 Å². The van der Waals surface area contributed by atoms with Crippen LogP contribution in [0.4, 0.5) is 0 Å². The van der Waals surface area contributed by atoms with Gasteiger partial charge in [0.05, 0.1) is 6.07 Å². The molecule has 2 rings (SSSR count). The van der Waals surface area contributed by atoms with Gasteiger partial charge in [-0.05, 0) is 48.3 Å². The maximum absolute atomic E-state index is 8.69. The number of rotatable bonds is 4. The van der Waals surface area contributed by atoms with Gasteiger partial charge in [-0.15, -0.1) is 0 Å². The van der Waals surface area contributed by atoms with Crippen LogP contribution in [0.25, 0.3) is 6.08 Å². The Hall–Kier alpha value is -1.40. The minimum absolute atomic E-state index is 0.424. The van der Waals surface area contributed by atoms with E-state index < -0.39 is 0 Å². The van der Waals surface area contributed by atoms with E-state index in [1.54, 1.807) is 0 Å². The van der Waals surface area contributed by atoms with Gasteiger partial charge in [0.25, 0.3) is 0 Å². The van der Waals surface area contributed by atoms with Crippen LogP contribution in [-0.4, -0.2) is 4.98 Å². The summed E-state index contributed by atoms with van der Waals surface area (Å²) >= 11 is 5.38. The van der Waals surface area contributed by atoms with Crippen molar-refractivity contribution in [1.29, 1.82) is 5.26 Å². The van der Waals surface area contributed by atoms with Gasteiger partial charge in [-0.3, -0.25) is 0 Å². The van der Waals surface area contributed by atoms with E-state index in [4.69, 9.17) is 17.5 Å². The topological polar surface area (TPSA) is 39.6 Å². The number of aryl methyl sites for hydroxylation is 1. The van der Waals surface area contributed by atoms with Crippen molar-refractivity contribution in [2.75, 3.05) is 0 Å². The Bertz CT molecular complexity index is 630. The van der Waals surface area contributed by atoms with Crippen LogP contribution in [0.5, 0.6) is 0 Å². The zero-order valence-electron chi connectivity index (χ0n) is 13.2. The Morgan fingerprint density at radius 3 is 2.81 bits per heavy atom. The van der Waals surface area contributed by atoms with Gasteiger partial charge in [-0.2, -0.15) is 5.26 Å². The SMILES string of the molecule is CCC(C)(CC)C1CCc2[nH]c(=S)c(/C=C/C#N)cc2C1. The summed E-state index contributed by atoms with van der Waals surface area (Å²) in [5.41, 5.74) is 4.05. The number of aromatic nitrogens is 1. The van der Waals surface area contributed by atoms with Crippen molar-refractivity contribution >= 4 is 18.3 Å². The lowest BCUT2D eigenvalue weighted by Gasteiger charge is -2.39. The number of allylic oxidation sites excluding steroid dienone is 1. The molecule has 1 aromatic rings. The Balaban J connectivity index is 2.34. The molecule has 0 radical (unpaired) electrons. The molecule has 0 spiro atoms. The van der Waals surface area contributed by atoms with E-state index in [1.165, 1.54) is 36.6 Å². The summed E-state index contributed by atoms with van der Waals surface area (Å²) < 4.78 is 0.743. The van der Waals surface area contributed by atoms with Crippen molar-refractivity contribution in [1.82, 2.24) is 4.98 Å². The van der Waals surface area contributed by atoms with Crippen molar-refractivity contribution in [2.24, 2.45) is 11.3 Å². The van der Waals surface area contributed by atoms with E-state index in [-0.39, 0.29) is 0 Å². The standard InChI is InChI=1S/C18H24N2S/c1-4-18(3,5-2)15-8-9-16-14(12-15)11-13(7-6-10-19)17(21)20-16/h6-7,11,15H,4-5,8-9,12H2,1-3H3,(H,20,21)/b7-6+. The fraction of sp³-hybridized carbons (Fsp3) is 0.556. The van der Waals surface area contributed by atoms with Gasteiger partial charge in [-0.25, -0.2) is 0 Å². The van der Waals surface area contributed by atoms with E-state index in [1.807, 2.05) is 12.1 Å². The van der Waals surface area contributed by atoms with Gasteiger partial charge in [0.2, 0.25) is 0 Å². The van der Waals surface area contributed by atoms with Crippen molar-refractivity contribution in [2.45, 2.75) is 52.9 Å². The second-order valence-corrected chi connectivity index (χ2v) is 6.73. The Kier molecular flexibility index (Phi) is 5.00. The third-order valence-electron chi connectivity index (χ3n) is 5.39. The van der Waals surface area contributed by atoms with E-state index in [2.05, 4.69) is 31.8 Å². The van der Waals surface area contributed by atoms with Crippen molar-refractivity contribution < 1.29 is 0 Å². The van der Waals surface area contributed by atoms with Crippen molar-refractivity contribution in [3.8, 4) is 6.07 Å². The van der Waals surface area contributed by atoms with E-state index in [0.717, 1.165) is 29.0 Å². The third kappa shape index (κ3) is 3.27. The maximum Gasteiger partial charge on any atom is 0.110 e. The molecule has 2 nitrogen and oxygen atoms in total. The van der Waals surface area contributed by atoms with Gasteiger partial charge >= 0.3 is 0 Å². The average Bonchev–Trinajstić information content (AvgIpc) is 2.51. The van der Waals surface area contributed by atoms with Crippen LogP contribution in [-0.2, 0) is 12.8 Å². The van der Waals surface area contributed by atoms with Gasteiger partial charge in [-0.1, -0.05) is 45.8 Å². The monoisotopic (exact) mass is 300 g/mol. The second kappa shape index (κ2) is 6.58. The molecule has 1 heterocycles. The molecule has 1 unspecified atom stereocenters. The van der Waals surface area contributed by atoms with E-state index in [0.29, 0.717) is 5.41 Å². The third-order valence-corrected chi connectivity index (χ3v) is 5.73. The Labute approximate surface area is 132 Å². The molecule has 0 aromatic carbocycles. The van der Waals surface area contributed by atoms with Crippen LogP contribution < -0.4 is 0 Å². The number of nitriles is 1. The van der Waals surface area contributed by atoms with E-state index >= 15 is 0 Å². The fourth-order valence-corrected chi connectivity index (χ4v) is 3.64. The van der Waals surface area contributed by atoms with Crippen LogP contribution in [0.2, 0.25) is 0 Å². The minimum Gasteiger partial charge on any atom is -0.349 e. The van der Waals surface area contributed by atoms with Crippen LogP contribution in [0.1, 0.15) is 56.9 Å². The summed E-state index contributed by atoms with van der Waals surface area (Å²) in [5, 5.41) is 8.69.